The smallest absolute Gasteiger partial charge is 0.300 e. The third kappa shape index (κ3) is 2.34. The van der Waals surface area contributed by atoms with Crippen LogP contribution in [0.5, 0.6) is 0 Å². The van der Waals surface area contributed by atoms with Gasteiger partial charge in [0, 0.05) is 0 Å². The lowest BCUT2D eigenvalue weighted by Gasteiger charge is -2.19. The Labute approximate surface area is 104 Å². The van der Waals surface area contributed by atoms with Crippen molar-refractivity contribution < 1.29 is 9.21 Å². The molecule has 1 aromatic heterocycles. The van der Waals surface area contributed by atoms with Crippen LogP contribution in [0.25, 0.3) is 0 Å². The van der Waals surface area contributed by atoms with Crippen LogP contribution in [0.1, 0.15) is 10.6 Å². The fraction of sp³-hybridized carbons (Fsp3) is 0. The van der Waals surface area contributed by atoms with Crippen LogP contribution in [0.4, 0.5) is 5.69 Å². The molecule has 86 valence electrons. The number of hydrogen-bond donors (Lipinski definition) is 1. The first-order chi connectivity index (χ1) is 8.20. The summed E-state index contributed by atoms with van der Waals surface area (Å²) < 4.78 is 5.04. The van der Waals surface area contributed by atoms with E-state index in [0.717, 1.165) is 0 Å². The van der Waals surface area contributed by atoms with Gasteiger partial charge in [-0.3, -0.25) is 9.69 Å². The minimum atomic E-state index is -0.381. The van der Waals surface area contributed by atoms with Crippen molar-refractivity contribution in [2.75, 3.05) is 4.90 Å². The van der Waals surface area contributed by atoms with Gasteiger partial charge in [0.15, 0.2) is 10.9 Å². The molecule has 1 heterocycles. The molecule has 0 bridgehead atoms. The van der Waals surface area contributed by atoms with Gasteiger partial charge in [0.05, 0.1) is 12.0 Å². The molecule has 0 radical (unpaired) electrons. The fourth-order valence-electron chi connectivity index (χ4n) is 1.43. The highest BCUT2D eigenvalue weighted by Crippen LogP contribution is 2.16. The van der Waals surface area contributed by atoms with Crippen molar-refractivity contribution in [1.29, 1.82) is 0 Å². The van der Waals surface area contributed by atoms with Crippen molar-refractivity contribution >= 4 is 28.9 Å². The number of nitrogens with two attached hydrogens (primary N) is 1. The number of thiocarbonyl (C=S) groups is 1. The first-order valence-electron chi connectivity index (χ1n) is 4.92. The molecule has 4 nitrogen and oxygen atoms in total. The minimum Gasteiger partial charge on any atom is -0.459 e. The number of amides is 1. The largest absolute Gasteiger partial charge is 0.459 e. The molecule has 5 heteroatoms. The third-order valence-electron chi connectivity index (χ3n) is 2.17. The standard InChI is InChI=1S/C12H10N2O2S/c13-12(17)14(9-5-2-1-3-6-9)11(15)10-7-4-8-16-10/h1-8H,(H2,13,17). The fourth-order valence-corrected chi connectivity index (χ4v) is 1.62. The molecule has 0 aliphatic carbocycles. The second-order valence-electron chi connectivity index (χ2n) is 3.29. The van der Waals surface area contributed by atoms with E-state index >= 15 is 0 Å². The van der Waals surface area contributed by atoms with Gasteiger partial charge in [-0.2, -0.15) is 0 Å². The first kappa shape index (κ1) is 11.3. The highest BCUT2D eigenvalue weighted by atomic mass is 32.1. The molecule has 1 aromatic carbocycles. The van der Waals surface area contributed by atoms with Crippen LogP contribution in [0.15, 0.2) is 53.1 Å². The van der Waals surface area contributed by atoms with E-state index in [1.54, 1.807) is 36.4 Å². The Kier molecular flexibility index (Phi) is 3.20. The summed E-state index contributed by atoms with van der Waals surface area (Å²) >= 11 is 4.89. The van der Waals surface area contributed by atoms with Crippen molar-refractivity contribution in [3.8, 4) is 0 Å². The van der Waals surface area contributed by atoms with Crippen molar-refractivity contribution in [3.05, 3.63) is 54.5 Å². The second-order valence-corrected chi connectivity index (χ2v) is 3.71. The van der Waals surface area contributed by atoms with Gasteiger partial charge >= 0.3 is 0 Å². The maximum absolute atomic E-state index is 12.1. The Morgan fingerprint density at radius 2 is 1.88 bits per heavy atom. The van der Waals surface area contributed by atoms with Crippen molar-refractivity contribution in [3.63, 3.8) is 0 Å². The van der Waals surface area contributed by atoms with E-state index in [4.69, 9.17) is 22.4 Å². The normalized spacial score (nSPS) is 9.88. The molecule has 0 saturated carbocycles. The number of furan rings is 1. The Bertz CT molecular complexity index is 523. The Balaban J connectivity index is 2.37. The molecule has 2 N–H and O–H groups in total. The molecule has 1 amide bonds. The van der Waals surface area contributed by atoms with E-state index < -0.39 is 0 Å². The highest BCUT2D eigenvalue weighted by Gasteiger charge is 2.21. The molecular weight excluding hydrogens is 236 g/mol. The molecule has 0 aliphatic rings. The zero-order valence-corrected chi connectivity index (χ0v) is 9.68. The van der Waals surface area contributed by atoms with Gasteiger partial charge in [-0.1, -0.05) is 18.2 Å². The van der Waals surface area contributed by atoms with Crippen LogP contribution in [0.2, 0.25) is 0 Å². The zero-order chi connectivity index (χ0) is 12.3. The van der Waals surface area contributed by atoms with E-state index in [-0.39, 0.29) is 16.8 Å². The van der Waals surface area contributed by atoms with Gasteiger partial charge in [-0.25, -0.2) is 0 Å². The highest BCUT2D eigenvalue weighted by molar-refractivity contribution is 7.80. The molecule has 0 atom stereocenters. The van der Waals surface area contributed by atoms with Crippen LogP contribution in [0, 0.1) is 0 Å². The molecule has 0 unspecified atom stereocenters. The Morgan fingerprint density at radius 3 is 2.41 bits per heavy atom. The number of nitrogens with zero attached hydrogens (tertiary/aromatic N) is 1. The lowest BCUT2D eigenvalue weighted by atomic mass is 10.3. The average molecular weight is 246 g/mol. The van der Waals surface area contributed by atoms with E-state index in [1.807, 2.05) is 6.07 Å². The minimum absolute atomic E-state index is 0.0161. The summed E-state index contributed by atoms with van der Waals surface area (Å²) in [5.41, 5.74) is 6.18. The first-order valence-corrected chi connectivity index (χ1v) is 5.33. The van der Waals surface area contributed by atoms with Gasteiger partial charge in [-0.15, -0.1) is 0 Å². The van der Waals surface area contributed by atoms with Gasteiger partial charge in [0.2, 0.25) is 0 Å². The molecular formula is C12H10N2O2S. The van der Waals surface area contributed by atoms with Crippen LogP contribution in [0.3, 0.4) is 0 Å². The maximum atomic E-state index is 12.1. The predicted molar refractivity (Wildman–Crippen MR) is 68.7 cm³/mol. The molecule has 0 aliphatic heterocycles. The van der Waals surface area contributed by atoms with Gasteiger partial charge in [0.25, 0.3) is 5.91 Å². The summed E-state index contributed by atoms with van der Waals surface area (Å²) in [5.74, 6) is -0.185. The topological polar surface area (TPSA) is 59.5 Å². The number of para-hydroxylation sites is 1. The average Bonchev–Trinajstić information content (AvgIpc) is 2.83. The Morgan fingerprint density at radius 1 is 1.18 bits per heavy atom. The summed E-state index contributed by atoms with van der Waals surface area (Å²) in [4.78, 5) is 13.3. The molecule has 0 spiro atoms. The number of benzene rings is 1. The molecule has 0 saturated heterocycles. The second kappa shape index (κ2) is 4.80. The van der Waals surface area contributed by atoms with Gasteiger partial charge in [0.1, 0.15) is 0 Å². The van der Waals surface area contributed by atoms with Crippen molar-refractivity contribution in [2.45, 2.75) is 0 Å². The van der Waals surface area contributed by atoms with Crippen LogP contribution >= 0.6 is 12.2 Å². The summed E-state index contributed by atoms with van der Waals surface area (Å²) in [5, 5.41) is -0.0161. The molecule has 17 heavy (non-hydrogen) atoms. The number of rotatable bonds is 2. The van der Waals surface area contributed by atoms with Crippen molar-refractivity contribution in [2.24, 2.45) is 5.73 Å². The monoisotopic (exact) mass is 246 g/mol. The summed E-state index contributed by atoms with van der Waals surface area (Å²) in [6.07, 6.45) is 1.43. The van der Waals surface area contributed by atoms with Crippen LogP contribution in [-0.4, -0.2) is 11.0 Å². The Hall–Kier alpha value is -2.14. The maximum Gasteiger partial charge on any atom is 0.300 e. The lowest BCUT2D eigenvalue weighted by molar-refractivity contribution is 0.0976. The van der Waals surface area contributed by atoms with Crippen molar-refractivity contribution in [1.82, 2.24) is 0 Å². The summed E-state index contributed by atoms with van der Waals surface area (Å²) in [6, 6.07) is 12.1. The number of carbonyl (C=O) groups is 1. The quantitative estimate of drug-likeness (QED) is 0.825. The van der Waals surface area contributed by atoms with Crippen LogP contribution < -0.4 is 10.6 Å². The zero-order valence-electron chi connectivity index (χ0n) is 8.87. The van der Waals surface area contributed by atoms with Crippen LogP contribution in [-0.2, 0) is 0 Å². The van der Waals surface area contributed by atoms with Gasteiger partial charge < -0.3 is 10.2 Å². The molecule has 2 rings (SSSR count). The van der Waals surface area contributed by atoms with E-state index in [9.17, 15) is 4.79 Å². The van der Waals surface area contributed by atoms with Gasteiger partial charge in [-0.05, 0) is 36.5 Å². The van der Waals surface area contributed by atoms with E-state index in [1.165, 1.54) is 11.2 Å². The third-order valence-corrected chi connectivity index (χ3v) is 2.35. The van der Waals surface area contributed by atoms with E-state index in [0.29, 0.717) is 5.69 Å². The number of anilines is 1. The molecule has 2 aromatic rings. The molecule has 0 fully saturated rings. The summed E-state index contributed by atoms with van der Waals surface area (Å²) in [6.45, 7) is 0. The summed E-state index contributed by atoms with van der Waals surface area (Å²) in [7, 11) is 0. The SMILES string of the molecule is NC(=S)N(C(=O)c1ccco1)c1ccccc1. The number of carbonyl (C=O) groups excluding carboxylic acids is 1. The predicted octanol–water partition coefficient (Wildman–Crippen LogP) is 2.17. The number of hydrogen-bond acceptors (Lipinski definition) is 3. The van der Waals surface area contributed by atoms with E-state index in [2.05, 4.69) is 0 Å². The lowest BCUT2D eigenvalue weighted by Crippen LogP contribution is -2.40.